The molecule has 0 aromatic carbocycles. The Morgan fingerprint density at radius 1 is 1.35 bits per heavy atom. The zero-order valence-corrected chi connectivity index (χ0v) is 10.0. The highest BCUT2D eigenvalue weighted by molar-refractivity contribution is 5.05. The minimum absolute atomic E-state index is 0.151. The van der Waals surface area contributed by atoms with Crippen LogP contribution in [0.4, 0.5) is 0 Å². The Labute approximate surface area is 102 Å². The molecule has 4 heteroatoms. The van der Waals surface area contributed by atoms with E-state index in [1.165, 1.54) is 25.7 Å². The molecule has 17 heavy (non-hydrogen) atoms. The zero-order chi connectivity index (χ0) is 11.5. The zero-order valence-electron chi connectivity index (χ0n) is 10.0. The van der Waals surface area contributed by atoms with Gasteiger partial charge in [0.25, 0.3) is 0 Å². The summed E-state index contributed by atoms with van der Waals surface area (Å²) < 4.78 is 5.90. The Morgan fingerprint density at radius 2 is 2.29 bits per heavy atom. The first-order chi connectivity index (χ1) is 8.43. The predicted octanol–water partition coefficient (Wildman–Crippen LogP) is 1.70. The fraction of sp³-hybridized carbons (Fsp3) is 0.692. The number of rotatable bonds is 4. The monoisotopic (exact) mass is 233 g/mol. The number of nitrogens with zero attached hydrogens (tertiary/aromatic N) is 2. The Bertz CT molecular complexity index is 353. The van der Waals surface area contributed by atoms with Gasteiger partial charge in [-0.2, -0.15) is 0 Å². The van der Waals surface area contributed by atoms with Crippen LogP contribution in [0.3, 0.4) is 0 Å². The summed E-state index contributed by atoms with van der Waals surface area (Å²) in [6.45, 7) is 1.91. The first kappa shape index (κ1) is 11.1. The van der Waals surface area contributed by atoms with Gasteiger partial charge in [0.1, 0.15) is 12.4 Å². The van der Waals surface area contributed by atoms with E-state index in [9.17, 15) is 0 Å². The molecule has 0 spiro atoms. The summed E-state index contributed by atoms with van der Waals surface area (Å²) in [6, 6.07) is 2.74. The second-order valence-corrected chi connectivity index (χ2v) is 5.01. The number of hydrogen-bond donors (Lipinski definition) is 1. The van der Waals surface area contributed by atoms with Gasteiger partial charge >= 0.3 is 0 Å². The van der Waals surface area contributed by atoms with Crippen LogP contribution in [0.2, 0.25) is 0 Å². The van der Waals surface area contributed by atoms with Crippen molar-refractivity contribution in [2.45, 2.75) is 37.8 Å². The van der Waals surface area contributed by atoms with Crippen LogP contribution in [0.1, 0.15) is 37.5 Å². The molecule has 2 aliphatic rings. The second kappa shape index (κ2) is 5.10. The molecule has 1 N–H and O–H groups in total. The summed E-state index contributed by atoms with van der Waals surface area (Å²) in [7, 11) is 0. The van der Waals surface area contributed by atoms with Crippen LogP contribution >= 0.6 is 0 Å². The highest BCUT2D eigenvalue weighted by Crippen LogP contribution is 2.32. The highest BCUT2D eigenvalue weighted by atomic mass is 16.5. The van der Waals surface area contributed by atoms with E-state index >= 15 is 0 Å². The van der Waals surface area contributed by atoms with Gasteiger partial charge < -0.3 is 10.1 Å². The molecule has 2 atom stereocenters. The molecule has 1 aromatic rings. The van der Waals surface area contributed by atoms with Crippen molar-refractivity contribution in [1.29, 1.82) is 0 Å². The van der Waals surface area contributed by atoms with Crippen molar-refractivity contribution in [2.24, 2.45) is 5.92 Å². The van der Waals surface area contributed by atoms with Gasteiger partial charge in [0.2, 0.25) is 0 Å². The average Bonchev–Trinajstić information content (AvgIpc) is 3.22. The van der Waals surface area contributed by atoms with Crippen molar-refractivity contribution in [2.75, 3.05) is 13.2 Å². The molecule has 0 bridgehead atoms. The predicted molar refractivity (Wildman–Crippen MR) is 64.5 cm³/mol. The number of ether oxygens (including phenoxy) is 1. The topological polar surface area (TPSA) is 47.0 Å². The summed E-state index contributed by atoms with van der Waals surface area (Å²) in [6.07, 6.45) is 8.63. The van der Waals surface area contributed by atoms with Crippen LogP contribution in [0, 0.1) is 5.92 Å². The van der Waals surface area contributed by atoms with Gasteiger partial charge in [0.05, 0.1) is 5.69 Å². The molecule has 2 fully saturated rings. The van der Waals surface area contributed by atoms with E-state index in [0.29, 0.717) is 5.92 Å². The normalized spacial score (nSPS) is 29.2. The van der Waals surface area contributed by atoms with Gasteiger partial charge in [-0.1, -0.05) is 0 Å². The lowest BCUT2D eigenvalue weighted by molar-refractivity contribution is -0.0304. The molecule has 1 aromatic heterocycles. The molecule has 1 aliphatic carbocycles. The first-order valence-corrected chi connectivity index (χ1v) is 6.54. The molecule has 1 aliphatic heterocycles. The van der Waals surface area contributed by atoms with Crippen molar-refractivity contribution >= 4 is 0 Å². The summed E-state index contributed by atoms with van der Waals surface area (Å²) in [5, 5.41) is 3.60. The van der Waals surface area contributed by atoms with E-state index in [0.717, 1.165) is 24.9 Å². The molecule has 0 radical (unpaired) electrons. The fourth-order valence-corrected chi connectivity index (χ4v) is 2.45. The third-order valence-electron chi connectivity index (χ3n) is 3.59. The minimum Gasteiger partial charge on any atom is -0.372 e. The van der Waals surface area contributed by atoms with Crippen LogP contribution in [-0.2, 0) is 4.74 Å². The SMILES string of the molecule is c1cc(C2OCCCC2CNC2CC2)ncn1. The maximum Gasteiger partial charge on any atom is 0.115 e. The van der Waals surface area contributed by atoms with Crippen LogP contribution in [0.5, 0.6) is 0 Å². The molecule has 3 rings (SSSR count). The Kier molecular flexibility index (Phi) is 3.34. The maximum atomic E-state index is 5.90. The Morgan fingerprint density at radius 3 is 3.06 bits per heavy atom. The molecule has 0 amide bonds. The summed E-state index contributed by atoms with van der Waals surface area (Å²) in [4.78, 5) is 8.30. The molecule has 2 unspecified atom stereocenters. The van der Waals surface area contributed by atoms with Gasteiger partial charge in [-0.3, -0.25) is 0 Å². The van der Waals surface area contributed by atoms with Crippen molar-refractivity contribution in [3.63, 3.8) is 0 Å². The third kappa shape index (κ3) is 2.82. The number of aromatic nitrogens is 2. The van der Waals surface area contributed by atoms with Crippen LogP contribution in [0.25, 0.3) is 0 Å². The van der Waals surface area contributed by atoms with Gasteiger partial charge in [0.15, 0.2) is 0 Å². The van der Waals surface area contributed by atoms with Gasteiger partial charge in [-0.25, -0.2) is 9.97 Å². The van der Waals surface area contributed by atoms with E-state index in [4.69, 9.17) is 4.74 Å². The van der Waals surface area contributed by atoms with Crippen molar-refractivity contribution in [3.8, 4) is 0 Å². The summed E-state index contributed by atoms with van der Waals surface area (Å²) >= 11 is 0. The standard InChI is InChI=1S/C13H19N3O/c1-2-10(8-15-11-3-4-11)13(17-7-1)12-5-6-14-9-16-12/h5-6,9-11,13,15H,1-4,7-8H2. The second-order valence-electron chi connectivity index (χ2n) is 5.01. The molecular weight excluding hydrogens is 214 g/mol. The molecule has 1 saturated carbocycles. The summed E-state index contributed by atoms with van der Waals surface area (Å²) in [5.74, 6) is 0.555. The minimum atomic E-state index is 0.151. The molecule has 1 saturated heterocycles. The van der Waals surface area contributed by atoms with Gasteiger partial charge in [-0.05, 0) is 31.7 Å². The van der Waals surface area contributed by atoms with E-state index in [-0.39, 0.29) is 6.10 Å². The lowest BCUT2D eigenvalue weighted by Crippen LogP contribution is -2.33. The maximum absolute atomic E-state index is 5.90. The molecule has 2 heterocycles. The molecular formula is C13H19N3O. The Hall–Kier alpha value is -1.00. The van der Waals surface area contributed by atoms with Crippen molar-refractivity contribution < 1.29 is 4.74 Å². The van der Waals surface area contributed by atoms with Crippen molar-refractivity contribution in [1.82, 2.24) is 15.3 Å². The lowest BCUT2D eigenvalue weighted by Gasteiger charge is -2.31. The number of hydrogen-bond acceptors (Lipinski definition) is 4. The van der Waals surface area contributed by atoms with Crippen molar-refractivity contribution in [3.05, 3.63) is 24.3 Å². The van der Waals surface area contributed by atoms with Gasteiger partial charge in [0, 0.05) is 31.3 Å². The van der Waals surface area contributed by atoms with Gasteiger partial charge in [-0.15, -0.1) is 0 Å². The average molecular weight is 233 g/mol. The van der Waals surface area contributed by atoms with Crippen LogP contribution in [-0.4, -0.2) is 29.2 Å². The van der Waals surface area contributed by atoms with Crippen LogP contribution in [0.15, 0.2) is 18.6 Å². The first-order valence-electron chi connectivity index (χ1n) is 6.54. The van der Waals surface area contributed by atoms with E-state index in [2.05, 4.69) is 15.3 Å². The smallest absolute Gasteiger partial charge is 0.115 e. The Balaban J connectivity index is 1.66. The fourth-order valence-electron chi connectivity index (χ4n) is 2.45. The van der Waals surface area contributed by atoms with E-state index in [1.54, 1.807) is 12.5 Å². The highest BCUT2D eigenvalue weighted by Gasteiger charge is 2.30. The van der Waals surface area contributed by atoms with E-state index < -0.39 is 0 Å². The largest absolute Gasteiger partial charge is 0.372 e. The summed E-state index contributed by atoms with van der Waals surface area (Å²) in [5.41, 5.74) is 1.03. The lowest BCUT2D eigenvalue weighted by atomic mass is 9.92. The number of nitrogens with one attached hydrogen (secondary N) is 1. The molecule has 4 nitrogen and oxygen atoms in total. The molecule has 92 valence electrons. The quantitative estimate of drug-likeness (QED) is 0.859. The van der Waals surface area contributed by atoms with E-state index in [1.807, 2.05) is 6.07 Å². The third-order valence-corrected chi connectivity index (χ3v) is 3.59. The van der Waals surface area contributed by atoms with Crippen LogP contribution < -0.4 is 5.32 Å².